The molecule has 1 saturated carbocycles. The minimum atomic E-state index is -0.00689. The van der Waals surface area contributed by atoms with Crippen molar-refractivity contribution in [2.24, 2.45) is 5.92 Å². The summed E-state index contributed by atoms with van der Waals surface area (Å²) in [5.41, 5.74) is 6.76. The molecule has 5 rings (SSSR count). The third kappa shape index (κ3) is 5.13. The van der Waals surface area contributed by atoms with Crippen LogP contribution in [0, 0.1) is 5.92 Å². The quantitative estimate of drug-likeness (QED) is 0.324. The summed E-state index contributed by atoms with van der Waals surface area (Å²) in [4.78, 5) is 22.1. The Morgan fingerprint density at radius 3 is 2.31 bits per heavy atom. The number of carbonyl (C=O) groups is 1. The van der Waals surface area contributed by atoms with Gasteiger partial charge in [0.1, 0.15) is 0 Å². The molecule has 2 aromatic carbocycles. The van der Waals surface area contributed by atoms with E-state index in [1.807, 2.05) is 30.5 Å². The smallest absolute Gasteiger partial charge is 0.251 e. The first kappa shape index (κ1) is 24.0. The maximum absolute atomic E-state index is 12.4. The first-order valence-corrected chi connectivity index (χ1v) is 12.8. The monoisotopic (exact) mass is 481 g/mol. The number of nitrogens with one attached hydrogen (secondary N) is 2. The largest absolute Gasteiger partial charge is 0.367 e. The molecule has 6 nitrogen and oxygen atoms in total. The van der Waals surface area contributed by atoms with E-state index >= 15 is 0 Å². The molecule has 0 radical (unpaired) electrons. The molecule has 0 bridgehead atoms. The molecule has 2 aromatic heterocycles. The van der Waals surface area contributed by atoms with Crippen molar-refractivity contribution in [3.05, 3.63) is 72.1 Å². The molecule has 2 heterocycles. The molecule has 0 unspecified atom stereocenters. The SMILES string of the molecule is CC(C)CNc1nc(-c2ccc(C(C)(C)C)cc2)cn2c(-c3ccc(C(=O)NC4CC4)cc3)cnc12. The van der Waals surface area contributed by atoms with Crippen LogP contribution >= 0.6 is 0 Å². The third-order valence-corrected chi connectivity index (χ3v) is 6.57. The van der Waals surface area contributed by atoms with Crippen molar-refractivity contribution in [3.63, 3.8) is 0 Å². The number of imidazole rings is 1. The molecular formula is C30H35N5O. The summed E-state index contributed by atoms with van der Waals surface area (Å²) >= 11 is 0. The highest BCUT2D eigenvalue weighted by molar-refractivity contribution is 5.95. The van der Waals surface area contributed by atoms with Gasteiger partial charge in [0.15, 0.2) is 11.5 Å². The van der Waals surface area contributed by atoms with Crippen molar-refractivity contribution in [2.75, 3.05) is 11.9 Å². The van der Waals surface area contributed by atoms with E-state index in [0.717, 1.165) is 53.4 Å². The summed E-state index contributed by atoms with van der Waals surface area (Å²) in [5, 5.41) is 6.55. The van der Waals surface area contributed by atoms with Gasteiger partial charge in [-0.2, -0.15) is 0 Å². The van der Waals surface area contributed by atoms with Crippen molar-refractivity contribution < 1.29 is 4.79 Å². The molecule has 1 aliphatic rings. The van der Waals surface area contributed by atoms with Crippen LogP contribution in [0.15, 0.2) is 60.9 Å². The van der Waals surface area contributed by atoms with Crippen molar-refractivity contribution in [1.29, 1.82) is 0 Å². The van der Waals surface area contributed by atoms with E-state index < -0.39 is 0 Å². The van der Waals surface area contributed by atoms with Gasteiger partial charge in [-0.05, 0) is 41.9 Å². The standard InChI is InChI=1S/C30H35N5O/c1-19(2)16-31-27-28-32-17-26(21-6-8-22(9-7-21)29(36)33-24-14-15-24)35(28)18-25(34-27)20-10-12-23(13-11-20)30(3,4)5/h6-13,17-19,24H,14-16H2,1-5H3,(H,31,34)(H,33,36). The van der Waals surface area contributed by atoms with Crippen LogP contribution in [-0.2, 0) is 5.41 Å². The van der Waals surface area contributed by atoms with Crippen LogP contribution < -0.4 is 10.6 Å². The Bertz CT molecular complexity index is 1370. The summed E-state index contributed by atoms with van der Waals surface area (Å²) in [6.45, 7) is 11.8. The molecule has 1 fully saturated rings. The molecule has 2 N–H and O–H groups in total. The Hall–Kier alpha value is -3.67. The van der Waals surface area contributed by atoms with Gasteiger partial charge in [0.2, 0.25) is 0 Å². The second-order valence-electron chi connectivity index (χ2n) is 11.2. The van der Waals surface area contributed by atoms with Crippen LogP contribution in [0.1, 0.15) is 63.4 Å². The molecule has 1 amide bonds. The third-order valence-electron chi connectivity index (χ3n) is 6.57. The predicted octanol–water partition coefficient (Wildman–Crippen LogP) is 6.32. The average molecular weight is 482 g/mol. The number of hydrogen-bond donors (Lipinski definition) is 2. The van der Waals surface area contributed by atoms with Crippen LogP contribution in [-0.4, -0.2) is 32.9 Å². The highest BCUT2D eigenvalue weighted by Crippen LogP contribution is 2.30. The minimum Gasteiger partial charge on any atom is -0.367 e. The van der Waals surface area contributed by atoms with E-state index in [0.29, 0.717) is 17.5 Å². The normalized spacial score (nSPS) is 13.8. The second kappa shape index (κ2) is 9.41. The molecule has 6 heteroatoms. The summed E-state index contributed by atoms with van der Waals surface area (Å²) in [6, 6.07) is 16.8. The zero-order valence-corrected chi connectivity index (χ0v) is 21.8. The van der Waals surface area contributed by atoms with Gasteiger partial charge in [-0.15, -0.1) is 0 Å². The van der Waals surface area contributed by atoms with Gasteiger partial charge in [-0.1, -0.05) is 71.0 Å². The molecule has 0 atom stereocenters. The fourth-order valence-corrected chi connectivity index (χ4v) is 4.19. The lowest BCUT2D eigenvalue weighted by Gasteiger charge is -2.19. The Morgan fingerprint density at radius 1 is 1.03 bits per heavy atom. The zero-order chi connectivity index (χ0) is 25.4. The van der Waals surface area contributed by atoms with Crippen molar-refractivity contribution >= 4 is 17.4 Å². The van der Waals surface area contributed by atoms with Gasteiger partial charge in [0.05, 0.1) is 17.6 Å². The summed E-state index contributed by atoms with van der Waals surface area (Å²) < 4.78 is 2.10. The van der Waals surface area contributed by atoms with Crippen molar-refractivity contribution in [1.82, 2.24) is 19.7 Å². The molecule has 36 heavy (non-hydrogen) atoms. The molecule has 0 saturated heterocycles. The topological polar surface area (TPSA) is 71.3 Å². The van der Waals surface area contributed by atoms with Gasteiger partial charge in [0, 0.05) is 35.5 Å². The van der Waals surface area contributed by atoms with Crippen LogP contribution in [0.25, 0.3) is 28.2 Å². The number of anilines is 1. The molecule has 186 valence electrons. The van der Waals surface area contributed by atoms with E-state index in [1.54, 1.807) is 0 Å². The Kier molecular flexibility index (Phi) is 6.29. The second-order valence-corrected chi connectivity index (χ2v) is 11.2. The highest BCUT2D eigenvalue weighted by atomic mass is 16.1. The number of aromatic nitrogens is 3. The number of carbonyl (C=O) groups excluding carboxylic acids is 1. The molecule has 0 aliphatic heterocycles. The van der Waals surface area contributed by atoms with Crippen LogP contribution in [0.4, 0.5) is 5.82 Å². The van der Waals surface area contributed by atoms with Crippen molar-refractivity contribution in [3.8, 4) is 22.5 Å². The zero-order valence-electron chi connectivity index (χ0n) is 21.8. The Labute approximate surface area is 213 Å². The van der Waals surface area contributed by atoms with E-state index in [2.05, 4.69) is 80.1 Å². The number of amides is 1. The van der Waals surface area contributed by atoms with Crippen LogP contribution in [0.3, 0.4) is 0 Å². The van der Waals surface area contributed by atoms with Gasteiger partial charge in [-0.3, -0.25) is 9.20 Å². The lowest BCUT2D eigenvalue weighted by Crippen LogP contribution is -2.25. The summed E-state index contributed by atoms with van der Waals surface area (Å²) in [5.74, 6) is 1.24. The molecular weight excluding hydrogens is 446 g/mol. The molecule has 1 aliphatic carbocycles. The van der Waals surface area contributed by atoms with Gasteiger partial charge in [-0.25, -0.2) is 9.97 Å². The highest BCUT2D eigenvalue weighted by Gasteiger charge is 2.24. The molecule has 4 aromatic rings. The maximum Gasteiger partial charge on any atom is 0.251 e. The Morgan fingerprint density at radius 2 is 1.69 bits per heavy atom. The average Bonchev–Trinajstić information content (AvgIpc) is 3.57. The van der Waals surface area contributed by atoms with Gasteiger partial charge in [0.25, 0.3) is 5.91 Å². The number of benzene rings is 2. The summed E-state index contributed by atoms with van der Waals surface area (Å²) in [7, 11) is 0. The summed E-state index contributed by atoms with van der Waals surface area (Å²) in [6.07, 6.45) is 6.09. The fourth-order valence-electron chi connectivity index (χ4n) is 4.19. The first-order chi connectivity index (χ1) is 17.2. The maximum atomic E-state index is 12.4. The van der Waals surface area contributed by atoms with Gasteiger partial charge >= 0.3 is 0 Å². The van der Waals surface area contributed by atoms with E-state index in [4.69, 9.17) is 9.97 Å². The van der Waals surface area contributed by atoms with Crippen LogP contribution in [0.5, 0.6) is 0 Å². The van der Waals surface area contributed by atoms with Gasteiger partial charge < -0.3 is 10.6 Å². The minimum absolute atomic E-state index is 0.00689. The first-order valence-electron chi connectivity index (χ1n) is 12.8. The number of rotatable bonds is 7. The predicted molar refractivity (Wildman–Crippen MR) is 146 cm³/mol. The number of nitrogens with zero attached hydrogens (tertiary/aromatic N) is 3. The van der Waals surface area contributed by atoms with Crippen molar-refractivity contribution in [2.45, 2.75) is 58.9 Å². The van der Waals surface area contributed by atoms with E-state index in [-0.39, 0.29) is 11.3 Å². The lowest BCUT2D eigenvalue weighted by molar-refractivity contribution is 0.0951. The number of hydrogen-bond acceptors (Lipinski definition) is 4. The van der Waals surface area contributed by atoms with Crippen LogP contribution in [0.2, 0.25) is 0 Å². The van der Waals surface area contributed by atoms with E-state index in [1.165, 1.54) is 5.56 Å². The van der Waals surface area contributed by atoms with E-state index in [9.17, 15) is 4.79 Å². The fraction of sp³-hybridized carbons (Fsp3) is 0.367. The molecule has 0 spiro atoms. The Balaban J connectivity index is 1.54. The lowest BCUT2D eigenvalue weighted by atomic mass is 9.86. The number of fused-ring (bicyclic) bond motifs is 1.